The Morgan fingerprint density at radius 1 is 0.800 bits per heavy atom. The molecule has 0 fully saturated rings. The van der Waals surface area contributed by atoms with Crippen LogP contribution in [0.25, 0.3) is 0 Å². The first-order valence-electron chi connectivity index (χ1n) is 13.9. The number of sulfonamides is 1. The van der Waals surface area contributed by atoms with E-state index in [0.717, 1.165) is 9.87 Å². The van der Waals surface area contributed by atoms with E-state index in [1.54, 1.807) is 42.5 Å². The lowest BCUT2D eigenvalue weighted by molar-refractivity contribution is -0.139. The van der Waals surface area contributed by atoms with Crippen molar-refractivity contribution in [2.75, 3.05) is 32.1 Å². The highest BCUT2D eigenvalue weighted by Gasteiger charge is 2.34. The molecule has 0 saturated heterocycles. The molecule has 12 heteroatoms. The molecule has 4 aromatic carbocycles. The van der Waals surface area contributed by atoms with Crippen LogP contribution < -0.4 is 19.1 Å². The summed E-state index contributed by atoms with van der Waals surface area (Å²) < 4.78 is 40.0. The second-order valence-corrected chi connectivity index (χ2v) is 12.6. The van der Waals surface area contributed by atoms with E-state index >= 15 is 0 Å². The molecule has 0 aliphatic rings. The van der Waals surface area contributed by atoms with Gasteiger partial charge in [-0.25, -0.2) is 8.42 Å². The predicted octanol–water partition coefficient (Wildman–Crippen LogP) is 5.59. The van der Waals surface area contributed by atoms with Crippen LogP contribution in [0.2, 0.25) is 10.0 Å². The summed E-state index contributed by atoms with van der Waals surface area (Å²) in [6.45, 7) is -0.678. The molecule has 0 saturated carbocycles. The first kappa shape index (κ1) is 33.6. The zero-order chi connectivity index (χ0) is 32.6. The molecule has 2 amide bonds. The first-order valence-corrected chi connectivity index (χ1v) is 16.1. The molecule has 0 bridgehead atoms. The normalized spacial score (nSPS) is 11.8. The van der Waals surface area contributed by atoms with Crippen LogP contribution in [0, 0.1) is 0 Å². The van der Waals surface area contributed by atoms with E-state index in [1.807, 2.05) is 30.3 Å². The Balaban J connectivity index is 1.83. The third-order valence-corrected chi connectivity index (χ3v) is 9.65. The van der Waals surface area contributed by atoms with Crippen molar-refractivity contribution in [1.82, 2.24) is 10.2 Å². The summed E-state index contributed by atoms with van der Waals surface area (Å²) in [6, 6.07) is 25.5. The summed E-state index contributed by atoms with van der Waals surface area (Å²) >= 11 is 12.4. The van der Waals surface area contributed by atoms with Gasteiger partial charge >= 0.3 is 0 Å². The van der Waals surface area contributed by atoms with Gasteiger partial charge in [-0.2, -0.15) is 0 Å². The Labute approximate surface area is 273 Å². The molecule has 1 N–H and O–H groups in total. The number of carbonyl (C=O) groups is 2. The van der Waals surface area contributed by atoms with Gasteiger partial charge in [0.1, 0.15) is 12.6 Å². The van der Waals surface area contributed by atoms with Crippen molar-refractivity contribution >= 4 is 50.7 Å². The van der Waals surface area contributed by atoms with Gasteiger partial charge in [-0.1, -0.05) is 77.8 Å². The number of benzene rings is 4. The lowest BCUT2D eigenvalue weighted by Gasteiger charge is -2.33. The molecule has 0 spiro atoms. The topological polar surface area (TPSA) is 105 Å². The van der Waals surface area contributed by atoms with E-state index in [-0.39, 0.29) is 34.3 Å². The van der Waals surface area contributed by atoms with Gasteiger partial charge in [0.2, 0.25) is 11.8 Å². The molecule has 9 nitrogen and oxygen atoms in total. The molecule has 236 valence electrons. The third kappa shape index (κ3) is 8.08. The van der Waals surface area contributed by atoms with Crippen molar-refractivity contribution < 1.29 is 27.5 Å². The van der Waals surface area contributed by atoms with Crippen LogP contribution in [0.4, 0.5) is 5.69 Å². The number of amides is 2. The molecule has 0 heterocycles. The van der Waals surface area contributed by atoms with Crippen molar-refractivity contribution in [2.45, 2.75) is 23.9 Å². The van der Waals surface area contributed by atoms with Crippen molar-refractivity contribution in [3.63, 3.8) is 0 Å². The highest BCUT2D eigenvalue weighted by molar-refractivity contribution is 7.92. The molecule has 0 aliphatic heterocycles. The molecule has 4 rings (SSSR count). The second kappa shape index (κ2) is 15.2. The van der Waals surface area contributed by atoms with Crippen LogP contribution in [0.5, 0.6) is 11.5 Å². The molecule has 0 radical (unpaired) electrons. The van der Waals surface area contributed by atoms with E-state index in [2.05, 4.69) is 5.32 Å². The maximum absolute atomic E-state index is 14.4. The van der Waals surface area contributed by atoms with Gasteiger partial charge in [0.05, 0.1) is 34.8 Å². The highest BCUT2D eigenvalue weighted by Crippen LogP contribution is 2.34. The van der Waals surface area contributed by atoms with Crippen LogP contribution >= 0.6 is 23.2 Å². The smallest absolute Gasteiger partial charge is 0.264 e. The number of carbonyl (C=O) groups excluding carboxylic acids is 2. The largest absolute Gasteiger partial charge is 0.493 e. The molecular formula is C33H33Cl2N3O6S. The summed E-state index contributed by atoms with van der Waals surface area (Å²) in [4.78, 5) is 29.1. The molecular weight excluding hydrogens is 637 g/mol. The van der Waals surface area contributed by atoms with Crippen LogP contribution in [-0.4, -0.2) is 59.0 Å². The summed E-state index contributed by atoms with van der Waals surface area (Å²) in [6.07, 6.45) is 0.176. The lowest BCUT2D eigenvalue weighted by Crippen LogP contribution is -2.53. The zero-order valence-electron chi connectivity index (χ0n) is 24.9. The third-order valence-electron chi connectivity index (χ3n) is 7.12. The summed E-state index contributed by atoms with van der Waals surface area (Å²) in [5.41, 5.74) is 1.58. The monoisotopic (exact) mass is 669 g/mol. The molecule has 1 unspecified atom stereocenters. The predicted molar refractivity (Wildman–Crippen MR) is 176 cm³/mol. The van der Waals surface area contributed by atoms with Crippen LogP contribution in [0.15, 0.2) is 102 Å². The Morgan fingerprint density at radius 2 is 1.44 bits per heavy atom. The average Bonchev–Trinajstić information content (AvgIpc) is 3.06. The Kier molecular flexibility index (Phi) is 11.3. The Hall–Kier alpha value is -4.25. The number of nitrogens with zero attached hydrogens (tertiary/aromatic N) is 2. The second-order valence-electron chi connectivity index (χ2n) is 9.95. The fraction of sp³-hybridized carbons (Fsp3) is 0.212. The number of anilines is 1. The van der Waals surface area contributed by atoms with E-state index in [1.165, 1.54) is 50.4 Å². The van der Waals surface area contributed by atoms with Gasteiger partial charge in [0, 0.05) is 26.1 Å². The highest BCUT2D eigenvalue weighted by atomic mass is 35.5. The van der Waals surface area contributed by atoms with Crippen molar-refractivity contribution in [2.24, 2.45) is 0 Å². The van der Waals surface area contributed by atoms with Crippen molar-refractivity contribution in [1.29, 1.82) is 0 Å². The van der Waals surface area contributed by atoms with Gasteiger partial charge < -0.3 is 19.7 Å². The van der Waals surface area contributed by atoms with E-state index in [0.29, 0.717) is 16.3 Å². The molecule has 0 aromatic heterocycles. The molecule has 1 atom stereocenters. The van der Waals surface area contributed by atoms with Crippen LogP contribution in [0.1, 0.15) is 11.1 Å². The number of nitrogens with one attached hydrogen (secondary N) is 1. The van der Waals surface area contributed by atoms with Gasteiger partial charge in [0.25, 0.3) is 10.0 Å². The summed E-state index contributed by atoms with van der Waals surface area (Å²) in [7, 11) is 0.106. The Morgan fingerprint density at radius 3 is 2.04 bits per heavy atom. The zero-order valence-corrected chi connectivity index (χ0v) is 27.3. The van der Waals surface area contributed by atoms with Gasteiger partial charge in [-0.05, 0) is 47.5 Å². The number of likely N-dealkylation sites (N-methyl/N-ethyl adjacent to an activating group) is 1. The number of rotatable bonds is 13. The van der Waals surface area contributed by atoms with Gasteiger partial charge in [-0.15, -0.1) is 0 Å². The number of ether oxygens (including phenoxy) is 2. The fourth-order valence-corrected chi connectivity index (χ4v) is 6.53. The van der Waals surface area contributed by atoms with Crippen molar-refractivity contribution in [3.05, 3.63) is 118 Å². The quantitative estimate of drug-likeness (QED) is 0.199. The fourth-order valence-electron chi connectivity index (χ4n) is 4.78. The van der Waals surface area contributed by atoms with E-state index in [9.17, 15) is 18.0 Å². The number of hydrogen-bond donors (Lipinski definition) is 1. The first-order chi connectivity index (χ1) is 21.6. The van der Waals surface area contributed by atoms with Crippen LogP contribution in [-0.2, 0) is 32.6 Å². The molecule has 45 heavy (non-hydrogen) atoms. The van der Waals surface area contributed by atoms with E-state index < -0.39 is 34.4 Å². The number of halogens is 2. The molecule has 4 aromatic rings. The minimum atomic E-state index is -4.27. The average molecular weight is 671 g/mol. The minimum absolute atomic E-state index is 0.0178. The van der Waals surface area contributed by atoms with Gasteiger partial charge in [0.15, 0.2) is 11.5 Å². The van der Waals surface area contributed by atoms with Crippen LogP contribution in [0.3, 0.4) is 0 Å². The lowest BCUT2D eigenvalue weighted by atomic mass is 10.0. The number of methoxy groups -OCH3 is 2. The number of hydrogen-bond acceptors (Lipinski definition) is 6. The summed E-state index contributed by atoms with van der Waals surface area (Å²) in [5, 5.41) is 3.26. The maximum atomic E-state index is 14.4. The van der Waals surface area contributed by atoms with Gasteiger partial charge in [-0.3, -0.25) is 13.9 Å². The standard InChI is InChI=1S/C33H33Cl2N3O6S/c1-36-33(40)29(19-23-10-6-4-7-11-23)37(21-24-14-16-27(34)28(35)18-24)32(39)22-38(45(41,42)26-12-8-5-9-13-26)25-15-17-30(43-2)31(20-25)44-3/h4-18,20,29H,19,21-22H2,1-3H3,(H,36,40). The minimum Gasteiger partial charge on any atom is -0.493 e. The SMILES string of the molecule is CNC(=O)C(Cc1ccccc1)N(Cc1ccc(Cl)c(Cl)c1)C(=O)CN(c1ccc(OC)c(OC)c1)S(=O)(=O)c1ccccc1. The summed E-state index contributed by atoms with van der Waals surface area (Å²) in [5.74, 6) is -0.389. The molecule has 0 aliphatic carbocycles. The van der Waals surface area contributed by atoms with Crippen molar-refractivity contribution in [3.8, 4) is 11.5 Å². The van der Waals surface area contributed by atoms with E-state index in [4.69, 9.17) is 32.7 Å². The Bertz CT molecular complexity index is 1740. The maximum Gasteiger partial charge on any atom is 0.264 e.